The van der Waals surface area contributed by atoms with Crippen molar-refractivity contribution in [1.29, 1.82) is 0 Å². The Labute approximate surface area is 136 Å². The molecule has 1 amide bonds. The number of nitrogens with one attached hydrogen (secondary N) is 1. The average Bonchev–Trinajstić information content (AvgIpc) is 2.56. The van der Waals surface area contributed by atoms with Gasteiger partial charge in [0.1, 0.15) is 5.75 Å². The molecule has 4 heteroatoms. The number of carbonyl (C=O) groups excluding carboxylic acids is 1. The zero-order chi connectivity index (χ0) is 15.6. The number of hydrogen-bond acceptors (Lipinski definition) is 3. The normalized spacial score (nSPS) is 11.7. The van der Waals surface area contributed by atoms with Crippen LogP contribution >= 0.6 is 11.8 Å². The summed E-state index contributed by atoms with van der Waals surface area (Å²) in [6, 6.07) is 19.7. The third-order valence-corrected chi connectivity index (χ3v) is 4.07. The summed E-state index contributed by atoms with van der Waals surface area (Å²) in [5.74, 6) is 2.17. The van der Waals surface area contributed by atoms with E-state index in [-0.39, 0.29) is 11.9 Å². The SMILES string of the molecule is CC(NC(=O)CSCCOc1ccccc1)c1ccccc1. The van der Waals surface area contributed by atoms with Gasteiger partial charge in [0, 0.05) is 5.75 Å². The van der Waals surface area contributed by atoms with Gasteiger partial charge in [0.2, 0.25) is 5.91 Å². The van der Waals surface area contributed by atoms with Gasteiger partial charge in [-0.05, 0) is 24.6 Å². The first kappa shape index (κ1) is 16.4. The van der Waals surface area contributed by atoms with Crippen molar-refractivity contribution in [3.63, 3.8) is 0 Å². The van der Waals surface area contributed by atoms with E-state index in [2.05, 4.69) is 5.32 Å². The van der Waals surface area contributed by atoms with Gasteiger partial charge >= 0.3 is 0 Å². The standard InChI is InChI=1S/C18H21NO2S/c1-15(16-8-4-2-5-9-16)19-18(20)14-22-13-12-21-17-10-6-3-7-11-17/h2-11,15H,12-14H2,1H3,(H,19,20). The lowest BCUT2D eigenvalue weighted by Gasteiger charge is -2.14. The number of benzene rings is 2. The minimum atomic E-state index is 0.0369. The van der Waals surface area contributed by atoms with Crippen molar-refractivity contribution >= 4 is 17.7 Å². The molecule has 2 aromatic carbocycles. The molecule has 0 aliphatic heterocycles. The van der Waals surface area contributed by atoms with Gasteiger partial charge in [-0.25, -0.2) is 0 Å². The lowest BCUT2D eigenvalue weighted by atomic mass is 10.1. The van der Waals surface area contributed by atoms with Crippen molar-refractivity contribution < 1.29 is 9.53 Å². The van der Waals surface area contributed by atoms with Gasteiger partial charge in [-0.2, -0.15) is 0 Å². The van der Waals surface area contributed by atoms with Crippen molar-refractivity contribution in [2.75, 3.05) is 18.1 Å². The minimum absolute atomic E-state index is 0.0369. The van der Waals surface area contributed by atoms with E-state index in [1.54, 1.807) is 11.8 Å². The van der Waals surface area contributed by atoms with Crippen LogP contribution in [0.25, 0.3) is 0 Å². The number of ether oxygens (including phenoxy) is 1. The highest BCUT2D eigenvalue weighted by atomic mass is 32.2. The quantitative estimate of drug-likeness (QED) is 0.755. The summed E-state index contributed by atoms with van der Waals surface area (Å²) < 4.78 is 5.59. The number of thioether (sulfide) groups is 1. The largest absolute Gasteiger partial charge is 0.493 e. The first-order valence-electron chi connectivity index (χ1n) is 7.35. The second kappa shape index (κ2) is 9.15. The van der Waals surface area contributed by atoms with Crippen LogP contribution in [-0.4, -0.2) is 24.0 Å². The van der Waals surface area contributed by atoms with Crippen LogP contribution < -0.4 is 10.1 Å². The van der Waals surface area contributed by atoms with Crippen LogP contribution in [0.5, 0.6) is 5.75 Å². The maximum Gasteiger partial charge on any atom is 0.230 e. The summed E-state index contributed by atoms with van der Waals surface area (Å²) in [6.07, 6.45) is 0. The van der Waals surface area contributed by atoms with Crippen molar-refractivity contribution in [1.82, 2.24) is 5.32 Å². The molecule has 0 spiro atoms. The van der Waals surface area contributed by atoms with Crippen LogP contribution in [0.3, 0.4) is 0 Å². The first-order valence-corrected chi connectivity index (χ1v) is 8.51. The van der Waals surface area contributed by atoms with Gasteiger partial charge in [-0.1, -0.05) is 48.5 Å². The topological polar surface area (TPSA) is 38.3 Å². The molecular weight excluding hydrogens is 294 g/mol. The Bertz CT molecular complexity index is 560. The smallest absolute Gasteiger partial charge is 0.230 e. The lowest BCUT2D eigenvalue weighted by molar-refractivity contribution is -0.119. The van der Waals surface area contributed by atoms with Crippen LogP contribution in [0.2, 0.25) is 0 Å². The molecule has 0 radical (unpaired) electrons. The molecule has 3 nitrogen and oxygen atoms in total. The van der Waals surface area contributed by atoms with E-state index >= 15 is 0 Å². The van der Waals surface area contributed by atoms with Gasteiger partial charge in [0.05, 0.1) is 18.4 Å². The molecule has 0 saturated heterocycles. The van der Waals surface area contributed by atoms with Crippen LogP contribution in [-0.2, 0) is 4.79 Å². The summed E-state index contributed by atoms with van der Waals surface area (Å²) in [7, 11) is 0. The van der Waals surface area contributed by atoms with Crippen LogP contribution in [0.1, 0.15) is 18.5 Å². The molecule has 116 valence electrons. The predicted molar refractivity (Wildman–Crippen MR) is 92.3 cm³/mol. The van der Waals surface area contributed by atoms with Gasteiger partial charge in [0.15, 0.2) is 0 Å². The molecule has 0 heterocycles. The minimum Gasteiger partial charge on any atom is -0.493 e. The summed E-state index contributed by atoms with van der Waals surface area (Å²) in [5.41, 5.74) is 1.12. The zero-order valence-electron chi connectivity index (χ0n) is 12.7. The summed E-state index contributed by atoms with van der Waals surface area (Å²) >= 11 is 1.58. The van der Waals surface area contributed by atoms with E-state index in [0.29, 0.717) is 12.4 Å². The number of amides is 1. The van der Waals surface area contributed by atoms with Crippen LogP contribution in [0, 0.1) is 0 Å². The average molecular weight is 315 g/mol. The Hall–Kier alpha value is -1.94. The first-order chi connectivity index (χ1) is 10.8. The molecule has 1 atom stereocenters. The molecule has 0 aliphatic rings. The van der Waals surface area contributed by atoms with Gasteiger partial charge in [-0.15, -0.1) is 11.8 Å². The molecule has 1 N–H and O–H groups in total. The van der Waals surface area contributed by atoms with Crippen molar-refractivity contribution in [2.24, 2.45) is 0 Å². The van der Waals surface area contributed by atoms with Gasteiger partial charge in [0.25, 0.3) is 0 Å². The van der Waals surface area contributed by atoms with E-state index in [1.165, 1.54) is 0 Å². The molecule has 1 unspecified atom stereocenters. The molecule has 2 rings (SSSR count). The van der Waals surface area contributed by atoms with E-state index in [4.69, 9.17) is 4.74 Å². The highest BCUT2D eigenvalue weighted by Crippen LogP contribution is 2.12. The fourth-order valence-corrected chi connectivity index (χ4v) is 2.62. The fraction of sp³-hybridized carbons (Fsp3) is 0.278. The van der Waals surface area contributed by atoms with Crippen LogP contribution in [0.4, 0.5) is 0 Å². The second-order valence-corrected chi connectivity index (χ2v) is 6.02. The van der Waals surface area contributed by atoms with E-state index in [0.717, 1.165) is 17.1 Å². The predicted octanol–water partition coefficient (Wildman–Crippen LogP) is 3.68. The lowest BCUT2D eigenvalue weighted by Crippen LogP contribution is -2.28. The molecule has 22 heavy (non-hydrogen) atoms. The van der Waals surface area contributed by atoms with E-state index in [1.807, 2.05) is 67.6 Å². The Balaban J connectivity index is 1.60. The molecular formula is C18H21NO2S. The zero-order valence-corrected chi connectivity index (χ0v) is 13.5. The van der Waals surface area contributed by atoms with E-state index in [9.17, 15) is 4.79 Å². The maximum atomic E-state index is 11.9. The molecule has 0 aromatic heterocycles. The molecule has 0 aliphatic carbocycles. The van der Waals surface area contributed by atoms with Crippen LogP contribution in [0.15, 0.2) is 60.7 Å². The molecule has 0 bridgehead atoms. The van der Waals surface area contributed by atoms with Crippen molar-refractivity contribution in [2.45, 2.75) is 13.0 Å². The third kappa shape index (κ3) is 5.82. The van der Waals surface area contributed by atoms with E-state index < -0.39 is 0 Å². The second-order valence-electron chi connectivity index (χ2n) is 4.91. The third-order valence-electron chi connectivity index (χ3n) is 3.15. The molecule has 0 fully saturated rings. The van der Waals surface area contributed by atoms with Crippen molar-refractivity contribution in [3.05, 3.63) is 66.2 Å². The summed E-state index contributed by atoms with van der Waals surface area (Å²) in [5, 5.41) is 3.00. The summed E-state index contributed by atoms with van der Waals surface area (Å²) in [4.78, 5) is 11.9. The highest BCUT2D eigenvalue weighted by molar-refractivity contribution is 7.99. The maximum absolute atomic E-state index is 11.9. The molecule has 2 aromatic rings. The number of carbonyl (C=O) groups is 1. The number of para-hydroxylation sites is 1. The molecule has 0 saturated carbocycles. The fourth-order valence-electron chi connectivity index (χ4n) is 2.01. The van der Waals surface area contributed by atoms with Gasteiger partial charge in [-0.3, -0.25) is 4.79 Å². The van der Waals surface area contributed by atoms with Crippen molar-refractivity contribution in [3.8, 4) is 5.75 Å². The highest BCUT2D eigenvalue weighted by Gasteiger charge is 2.08. The Morgan fingerprint density at radius 1 is 1.09 bits per heavy atom. The number of rotatable bonds is 8. The number of hydrogen-bond donors (Lipinski definition) is 1. The Kier molecular flexibility index (Phi) is 6.84. The summed E-state index contributed by atoms with van der Waals surface area (Å²) in [6.45, 7) is 2.60. The Morgan fingerprint density at radius 2 is 1.73 bits per heavy atom. The Morgan fingerprint density at radius 3 is 2.41 bits per heavy atom. The van der Waals surface area contributed by atoms with Gasteiger partial charge < -0.3 is 10.1 Å². The monoisotopic (exact) mass is 315 g/mol.